The summed E-state index contributed by atoms with van der Waals surface area (Å²) in [7, 11) is 1.32. The molecule has 2 N–H and O–H groups in total. The lowest BCUT2D eigenvalue weighted by atomic mass is 10.5. The van der Waals surface area contributed by atoms with Crippen molar-refractivity contribution in [1.82, 2.24) is 4.37 Å². The normalized spacial score (nSPS) is 9.30. The fourth-order valence-electron chi connectivity index (χ4n) is 0.486. The maximum Gasteiger partial charge on any atom is 0.349 e. The van der Waals surface area contributed by atoms with Crippen LogP contribution in [0, 0.1) is 0 Å². The molecule has 0 fully saturated rings. The van der Waals surface area contributed by atoms with Gasteiger partial charge in [-0.25, -0.2) is 4.79 Å². The van der Waals surface area contributed by atoms with Crippen molar-refractivity contribution in [1.29, 1.82) is 0 Å². The van der Waals surface area contributed by atoms with Gasteiger partial charge in [0.1, 0.15) is 10.7 Å². The van der Waals surface area contributed by atoms with Crippen LogP contribution in [0.15, 0.2) is 6.07 Å². The molecular formula is C5H6N2O2S. The lowest BCUT2D eigenvalue weighted by Gasteiger charge is -1.89. The zero-order valence-electron chi connectivity index (χ0n) is 5.33. The Morgan fingerprint density at radius 2 is 2.60 bits per heavy atom. The molecule has 1 aromatic rings. The third-order valence-electron chi connectivity index (χ3n) is 0.915. The van der Waals surface area contributed by atoms with E-state index in [1.807, 2.05) is 0 Å². The molecule has 5 heteroatoms. The lowest BCUT2D eigenvalue weighted by Crippen LogP contribution is -1.97. The molecule has 0 saturated heterocycles. The maximum absolute atomic E-state index is 10.7. The van der Waals surface area contributed by atoms with Gasteiger partial charge < -0.3 is 10.5 Å². The van der Waals surface area contributed by atoms with Crippen molar-refractivity contribution < 1.29 is 9.53 Å². The standard InChI is InChI=1S/C5H6N2O2S/c1-9-5(8)3-2-4(6)7-10-3/h2H,1H3,(H2,6,7). The van der Waals surface area contributed by atoms with Gasteiger partial charge in [0.15, 0.2) is 0 Å². The first-order valence-corrected chi connectivity index (χ1v) is 3.32. The van der Waals surface area contributed by atoms with Crippen molar-refractivity contribution in [3.63, 3.8) is 0 Å². The quantitative estimate of drug-likeness (QED) is 0.605. The van der Waals surface area contributed by atoms with Crippen LogP contribution in [-0.4, -0.2) is 17.5 Å². The topological polar surface area (TPSA) is 65.2 Å². The van der Waals surface area contributed by atoms with E-state index in [-0.39, 0.29) is 0 Å². The minimum Gasteiger partial charge on any atom is -0.465 e. The highest BCUT2D eigenvalue weighted by Gasteiger charge is 2.07. The van der Waals surface area contributed by atoms with Gasteiger partial charge in [-0.2, -0.15) is 4.37 Å². The van der Waals surface area contributed by atoms with Crippen LogP contribution in [-0.2, 0) is 4.74 Å². The van der Waals surface area contributed by atoms with E-state index in [2.05, 4.69) is 9.11 Å². The Balaban J connectivity index is 2.85. The van der Waals surface area contributed by atoms with E-state index < -0.39 is 5.97 Å². The number of nitrogens with zero attached hydrogens (tertiary/aromatic N) is 1. The molecule has 0 amide bonds. The minimum atomic E-state index is -0.394. The molecule has 0 aliphatic carbocycles. The molecule has 1 aromatic heterocycles. The predicted molar refractivity (Wildman–Crippen MR) is 37.9 cm³/mol. The maximum atomic E-state index is 10.7. The van der Waals surface area contributed by atoms with E-state index in [1.165, 1.54) is 13.2 Å². The van der Waals surface area contributed by atoms with Gasteiger partial charge in [-0.1, -0.05) is 0 Å². The summed E-state index contributed by atoms with van der Waals surface area (Å²) < 4.78 is 8.13. The zero-order chi connectivity index (χ0) is 7.56. The second-order valence-electron chi connectivity index (χ2n) is 1.61. The Hall–Kier alpha value is -1.10. The minimum absolute atomic E-state index is 0.352. The SMILES string of the molecule is COC(=O)c1cc(N)ns1. The number of carbonyl (C=O) groups is 1. The van der Waals surface area contributed by atoms with Gasteiger partial charge in [-0.3, -0.25) is 0 Å². The molecule has 0 atom stereocenters. The molecule has 0 aromatic carbocycles. The summed E-state index contributed by atoms with van der Waals surface area (Å²) >= 11 is 1.03. The number of nitrogens with two attached hydrogens (primary N) is 1. The Morgan fingerprint density at radius 3 is 3.00 bits per heavy atom. The fourth-order valence-corrected chi connectivity index (χ4v) is 1.07. The number of esters is 1. The van der Waals surface area contributed by atoms with E-state index in [1.54, 1.807) is 0 Å². The van der Waals surface area contributed by atoms with Crippen LogP contribution in [0.1, 0.15) is 9.67 Å². The molecule has 1 rings (SSSR count). The molecule has 0 radical (unpaired) electrons. The van der Waals surface area contributed by atoms with Crippen LogP contribution in [0.3, 0.4) is 0 Å². The summed E-state index contributed by atoms with van der Waals surface area (Å²) in [5.41, 5.74) is 5.26. The number of hydrogen-bond donors (Lipinski definition) is 1. The molecule has 0 saturated carbocycles. The number of carbonyl (C=O) groups excluding carboxylic acids is 1. The van der Waals surface area contributed by atoms with Crippen LogP contribution in [0.5, 0.6) is 0 Å². The van der Waals surface area contributed by atoms with Gasteiger partial charge in [-0.15, -0.1) is 0 Å². The smallest absolute Gasteiger partial charge is 0.349 e. The van der Waals surface area contributed by atoms with Crippen molar-refractivity contribution >= 4 is 23.3 Å². The van der Waals surface area contributed by atoms with Crippen molar-refractivity contribution in [2.45, 2.75) is 0 Å². The van der Waals surface area contributed by atoms with E-state index in [0.717, 1.165) is 11.5 Å². The molecular weight excluding hydrogens is 152 g/mol. The van der Waals surface area contributed by atoms with Crippen molar-refractivity contribution in [3.05, 3.63) is 10.9 Å². The lowest BCUT2D eigenvalue weighted by molar-refractivity contribution is 0.0606. The van der Waals surface area contributed by atoms with Crippen molar-refractivity contribution in [2.75, 3.05) is 12.8 Å². The average Bonchev–Trinajstić information content (AvgIpc) is 2.34. The molecule has 0 aliphatic heterocycles. The van der Waals surface area contributed by atoms with Crippen LogP contribution < -0.4 is 5.73 Å². The number of hydrogen-bond acceptors (Lipinski definition) is 5. The highest BCUT2D eigenvalue weighted by molar-refractivity contribution is 7.08. The number of ether oxygens (including phenoxy) is 1. The van der Waals surface area contributed by atoms with Crippen LogP contribution >= 0.6 is 11.5 Å². The molecule has 0 spiro atoms. The highest BCUT2D eigenvalue weighted by Crippen LogP contribution is 2.11. The van der Waals surface area contributed by atoms with Crippen LogP contribution in [0.25, 0.3) is 0 Å². The first kappa shape index (κ1) is 7.01. The Labute approximate surface area is 61.8 Å². The van der Waals surface area contributed by atoms with Crippen LogP contribution in [0.2, 0.25) is 0 Å². The number of nitrogen functional groups attached to an aromatic ring is 1. The third-order valence-corrected chi connectivity index (χ3v) is 1.70. The number of aromatic nitrogens is 1. The summed E-state index contributed by atoms with van der Waals surface area (Å²) in [6.45, 7) is 0. The first-order valence-electron chi connectivity index (χ1n) is 2.54. The predicted octanol–water partition coefficient (Wildman–Crippen LogP) is 0.512. The number of rotatable bonds is 1. The second-order valence-corrected chi connectivity index (χ2v) is 2.41. The summed E-state index contributed by atoms with van der Waals surface area (Å²) in [5, 5.41) is 0. The number of anilines is 1. The molecule has 0 aliphatic rings. The first-order chi connectivity index (χ1) is 4.74. The van der Waals surface area contributed by atoms with Crippen molar-refractivity contribution in [3.8, 4) is 0 Å². The van der Waals surface area contributed by atoms with Gasteiger partial charge >= 0.3 is 5.97 Å². The van der Waals surface area contributed by atoms with E-state index >= 15 is 0 Å². The Bertz CT molecular complexity index is 246. The third kappa shape index (κ3) is 1.24. The van der Waals surface area contributed by atoms with Gasteiger partial charge in [0, 0.05) is 6.07 Å². The van der Waals surface area contributed by atoms with Crippen LogP contribution in [0.4, 0.5) is 5.82 Å². The van der Waals surface area contributed by atoms with Crippen molar-refractivity contribution in [2.24, 2.45) is 0 Å². The van der Waals surface area contributed by atoms with E-state index in [9.17, 15) is 4.79 Å². The Kier molecular flexibility index (Phi) is 1.86. The monoisotopic (exact) mass is 158 g/mol. The summed E-state index contributed by atoms with van der Waals surface area (Å²) in [4.78, 5) is 11.1. The molecule has 54 valence electrons. The van der Waals surface area contributed by atoms with E-state index in [4.69, 9.17) is 5.73 Å². The molecule has 1 heterocycles. The van der Waals surface area contributed by atoms with Gasteiger partial charge in [0.2, 0.25) is 0 Å². The van der Waals surface area contributed by atoms with Gasteiger partial charge in [0.25, 0.3) is 0 Å². The molecule has 0 bridgehead atoms. The summed E-state index contributed by atoms with van der Waals surface area (Å²) in [6, 6.07) is 1.48. The van der Waals surface area contributed by atoms with Gasteiger partial charge in [-0.05, 0) is 11.5 Å². The average molecular weight is 158 g/mol. The fraction of sp³-hybridized carbons (Fsp3) is 0.200. The molecule has 0 unspecified atom stereocenters. The Morgan fingerprint density at radius 1 is 1.90 bits per heavy atom. The van der Waals surface area contributed by atoms with E-state index in [0.29, 0.717) is 10.7 Å². The molecule has 4 nitrogen and oxygen atoms in total. The highest BCUT2D eigenvalue weighted by atomic mass is 32.1. The second kappa shape index (κ2) is 2.66. The summed E-state index contributed by atoms with van der Waals surface area (Å²) in [5.74, 6) is -0.0420. The zero-order valence-corrected chi connectivity index (χ0v) is 6.14. The molecule has 10 heavy (non-hydrogen) atoms. The largest absolute Gasteiger partial charge is 0.465 e. The summed E-state index contributed by atoms with van der Waals surface area (Å²) in [6.07, 6.45) is 0. The van der Waals surface area contributed by atoms with Gasteiger partial charge in [0.05, 0.1) is 7.11 Å². The number of methoxy groups -OCH3 is 1.